The number of benzene rings is 1. The molecule has 0 saturated carbocycles. The maximum Gasteiger partial charge on any atom is 0.434 e. The Morgan fingerprint density at radius 3 is 2.55 bits per heavy atom. The molecular formula is C26H23ClF3N3O4S. The molecule has 2 aromatic heterocycles. The molecular weight excluding hydrogens is 543 g/mol. The van der Waals surface area contributed by atoms with Gasteiger partial charge in [-0.25, -0.2) is 9.79 Å². The Morgan fingerprint density at radius 1 is 1.18 bits per heavy atom. The van der Waals surface area contributed by atoms with Crippen LogP contribution in [0, 0.1) is 0 Å². The highest BCUT2D eigenvalue weighted by Gasteiger charge is 2.45. The summed E-state index contributed by atoms with van der Waals surface area (Å²) in [5.41, 5.74) is -2.50. The molecule has 200 valence electrons. The van der Waals surface area contributed by atoms with Crippen molar-refractivity contribution in [3.05, 3.63) is 83.7 Å². The van der Waals surface area contributed by atoms with Gasteiger partial charge < -0.3 is 14.1 Å². The lowest BCUT2D eigenvalue weighted by Crippen LogP contribution is -2.41. The number of fused-ring (bicyclic) bond motifs is 1. The third kappa shape index (κ3) is 5.04. The van der Waals surface area contributed by atoms with Crippen LogP contribution in [0.15, 0.2) is 61.9 Å². The molecule has 0 bridgehead atoms. The van der Waals surface area contributed by atoms with Crippen molar-refractivity contribution >= 4 is 40.9 Å². The van der Waals surface area contributed by atoms with Crippen LogP contribution in [0.25, 0.3) is 6.08 Å². The van der Waals surface area contributed by atoms with Crippen molar-refractivity contribution in [2.45, 2.75) is 38.4 Å². The Kier molecular flexibility index (Phi) is 7.23. The number of ether oxygens (including phenoxy) is 1. The van der Waals surface area contributed by atoms with Gasteiger partial charge in [0.05, 0.1) is 22.8 Å². The van der Waals surface area contributed by atoms with Crippen LogP contribution >= 0.6 is 22.9 Å². The summed E-state index contributed by atoms with van der Waals surface area (Å²) >= 11 is 6.79. The van der Waals surface area contributed by atoms with Gasteiger partial charge in [0.1, 0.15) is 5.76 Å². The Morgan fingerprint density at radius 2 is 1.89 bits per heavy atom. The van der Waals surface area contributed by atoms with Crippen LogP contribution in [-0.4, -0.2) is 36.4 Å². The van der Waals surface area contributed by atoms with Crippen LogP contribution in [0.2, 0.25) is 5.02 Å². The van der Waals surface area contributed by atoms with E-state index in [2.05, 4.69) is 9.89 Å². The summed E-state index contributed by atoms with van der Waals surface area (Å²) < 4.78 is 54.7. The second-order valence-electron chi connectivity index (χ2n) is 8.84. The Balaban J connectivity index is 1.68. The van der Waals surface area contributed by atoms with Crippen molar-refractivity contribution in [1.29, 1.82) is 0 Å². The minimum atomic E-state index is -4.97. The average Bonchev–Trinajstić information content (AvgIpc) is 3.48. The number of anilines is 1. The van der Waals surface area contributed by atoms with Crippen LogP contribution in [0.3, 0.4) is 0 Å². The fourth-order valence-electron chi connectivity index (χ4n) is 4.63. The first-order chi connectivity index (χ1) is 18.2. The van der Waals surface area contributed by atoms with Gasteiger partial charge in [0.2, 0.25) is 0 Å². The Bertz CT molecular complexity index is 1560. The summed E-state index contributed by atoms with van der Waals surface area (Å²) in [6, 6.07) is 8.01. The summed E-state index contributed by atoms with van der Waals surface area (Å²) in [6.45, 7) is 3.07. The number of carbonyl (C=O) groups excluding carboxylic acids is 1. The van der Waals surface area contributed by atoms with Crippen LogP contribution in [-0.2, 0) is 9.53 Å². The minimum Gasteiger partial charge on any atom is -0.463 e. The van der Waals surface area contributed by atoms with Gasteiger partial charge in [-0.2, -0.15) is 13.2 Å². The molecule has 0 aliphatic carbocycles. The number of halogens is 4. The highest BCUT2D eigenvalue weighted by atomic mass is 35.5. The number of allylic oxidation sites excluding steroid dienone is 1. The van der Waals surface area contributed by atoms with Gasteiger partial charge in [-0.3, -0.25) is 9.36 Å². The predicted octanol–water partition coefficient (Wildman–Crippen LogP) is 4.58. The van der Waals surface area contributed by atoms with Crippen molar-refractivity contribution < 1.29 is 27.1 Å². The van der Waals surface area contributed by atoms with Crippen molar-refractivity contribution in [2.24, 2.45) is 4.99 Å². The molecule has 4 heterocycles. The van der Waals surface area contributed by atoms with E-state index in [0.29, 0.717) is 16.7 Å². The van der Waals surface area contributed by atoms with Gasteiger partial charge in [0.15, 0.2) is 16.4 Å². The second kappa shape index (κ2) is 10.5. The van der Waals surface area contributed by atoms with Crippen LogP contribution in [0.4, 0.5) is 19.1 Å². The molecule has 5 rings (SSSR count). The normalized spacial score (nSPS) is 18.4. The number of esters is 1. The van der Waals surface area contributed by atoms with E-state index in [4.69, 9.17) is 20.8 Å². The van der Waals surface area contributed by atoms with E-state index in [9.17, 15) is 22.8 Å². The zero-order valence-electron chi connectivity index (χ0n) is 20.3. The standard InChI is InChI=1S/C26H23ClF3N3O4S/c1-2-36-24(35)20-21(15-6-8-16(27)9-7-15)33-23(34)18(38-25(33)31-22(20)26(28,29)30)14-17-10-11-19(37-17)32-12-4-3-5-13-32/h6-11,14,21H,2-5,12-13H2,1H3/b18-14-/t21-/m0/s1. The molecule has 2 aliphatic rings. The lowest BCUT2D eigenvalue weighted by atomic mass is 9.95. The molecule has 2 aliphatic heterocycles. The van der Waals surface area contributed by atoms with Gasteiger partial charge in [0, 0.05) is 30.3 Å². The first-order valence-electron chi connectivity index (χ1n) is 12.1. The molecule has 0 N–H and O–H groups in total. The lowest BCUT2D eigenvalue weighted by Gasteiger charge is -2.26. The molecule has 0 unspecified atom stereocenters. The van der Waals surface area contributed by atoms with Crippen LogP contribution < -0.4 is 19.8 Å². The summed E-state index contributed by atoms with van der Waals surface area (Å²) in [5.74, 6) is -0.138. The topological polar surface area (TPSA) is 77.0 Å². The largest absolute Gasteiger partial charge is 0.463 e. The third-order valence-electron chi connectivity index (χ3n) is 6.33. The van der Waals surface area contributed by atoms with E-state index in [1.54, 1.807) is 6.07 Å². The SMILES string of the molecule is CCOC(=O)C1=C(C(F)(F)F)N=c2s/c(=C\c3ccc(N4CCCCC4)o3)c(=O)n2[C@H]1c1ccc(Cl)cc1. The smallest absolute Gasteiger partial charge is 0.434 e. The highest BCUT2D eigenvalue weighted by Crippen LogP contribution is 2.38. The second-order valence-corrected chi connectivity index (χ2v) is 10.3. The van der Waals surface area contributed by atoms with Crippen molar-refractivity contribution in [2.75, 3.05) is 24.6 Å². The minimum absolute atomic E-state index is 0.119. The quantitative estimate of drug-likeness (QED) is 0.423. The number of carbonyl (C=O) groups is 1. The zero-order chi connectivity index (χ0) is 27.0. The fraction of sp³-hybridized carbons (Fsp3) is 0.346. The van der Waals surface area contributed by atoms with Gasteiger partial charge in [-0.1, -0.05) is 35.1 Å². The molecule has 0 spiro atoms. The number of piperidine rings is 1. The van der Waals surface area contributed by atoms with E-state index >= 15 is 0 Å². The first-order valence-corrected chi connectivity index (χ1v) is 13.3. The molecule has 38 heavy (non-hydrogen) atoms. The first kappa shape index (κ1) is 26.3. The highest BCUT2D eigenvalue weighted by molar-refractivity contribution is 7.07. The average molecular weight is 566 g/mol. The molecule has 0 radical (unpaired) electrons. The van der Waals surface area contributed by atoms with Gasteiger partial charge >= 0.3 is 12.1 Å². The molecule has 1 fully saturated rings. The summed E-state index contributed by atoms with van der Waals surface area (Å²) in [4.78, 5) is 32.2. The van der Waals surface area contributed by atoms with E-state index in [-0.39, 0.29) is 21.5 Å². The molecule has 7 nitrogen and oxygen atoms in total. The fourth-order valence-corrected chi connectivity index (χ4v) is 5.74. The van der Waals surface area contributed by atoms with Crippen molar-refractivity contribution in [3.63, 3.8) is 0 Å². The molecule has 1 atom stereocenters. The molecule has 0 amide bonds. The van der Waals surface area contributed by atoms with E-state index in [1.807, 2.05) is 6.07 Å². The number of furan rings is 1. The van der Waals surface area contributed by atoms with Gasteiger partial charge in [-0.15, -0.1) is 0 Å². The summed E-state index contributed by atoms with van der Waals surface area (Å²) in [6.07, 6.45) is -0.204. The van der Waals surface area contributed by atoms with E-state index in [0.717, 1.165) is 48.3 Å². The number of hydrogen-bond donors (Lipinski definition) is 0. The molecule has 3 aromatic rings. The van der Waals surface area contributed by atoms with Crippen molar-refractivity contribution in [1.82, 2.24) is 4.57 Å². The molecule has 1 aromatic carbocycles. The molecule has 12 heteroatoms. The predicted molar refractivity (Wildman–Crippen MR) is 137 cm³/mol. The van der Waals surface area contributed by atoms with E-state index in [1.165, 1.54) is 37.3 Å². The van der Waals surface area contributed by atoms with Crippen molar-refractivity contribution in [3.8, 4) is 0 Å². The van der Waals surface area contributed by atoms with Crippen LogP contribution in [0.1, 0.15) is 43.6 Å². The number of nitrogens with zero attached hydrogens (tertiary/aromatic N) is 3. The number of rotatable bonds is 5. The summed E-state index contributed by atoms with van der Waals surface area (Å²) in [7, 11) is 0. The third-order valence-corrected chi connectivity index (χ3v) is 7.57. The number of hydrogen-bond acceptors (Lipinski definition) is 7. The maximum atomic E-state index is 14.2. The van der Waals surface area contributed by atoms with Gasteiger partial charge in [0.25, 0.3) is 5.56 Å². The van der Waals surface area contributed by atoms with Crippen LogP contribution in [0.5, 0.6) is 0 Å². The lowest BCUT2D eigenvalue weighted by molar-refractivity contribution is -0.140. The number of aromatic nitrogens is 1. The number of thiazole rings is 1. The maximum absolute atomic E-state index is 14.2. The zero-order valence-corrected chi connectivity index (χ0v) is 21.8. The Labute approximate surface area is 224 Å². The van der Waals surface area contributed by atoms with E-state index < -0.39 is 35.0 Å². The van der Waals surface area contributed by atoms with Gasteiger partial charge in [-0.05, 0) is 49.9 Å². The molecule has 1 saturated heterocycles. The summed E-state index contributed by atoms with van der Waals surface area (Å²) in [5, 5.41) is 0.348. The monoisotopic (exact) mass is 565 g/mol. The number of alkyl halides is 3. The Hall–Kier alpha value is -3.31.